The van der Waals surface area contributed by atoms with Gasteiger partial charge in [-0.3, -0.25) is 0 Å². The van der Waals surface area contributed by atoms with Crippen LogP contribution in [0.4, 0.5) is 10.1 Å². The van der Waals surface area contributed by atoms with E-state index in [1.807, 2.05) is 11.8 Å². The summed E-state index contributed by atoms with van der Waals surface area (Å²) >= 11 is 0. The molecule has 106 valence electrons. The topological polar surface area (TPSA) is 54.2 Å². The van der Waals surface area contributed by atoms with E-state index >= 15 is 0 Å². The third-order valence-corrected chi connectivity index (χ3v) is 3.43. The van der Waals surface area contributed by atoms with Crippen molar-refractivity contribution >= 4 is 5.69 Å². The van der Waals surface area contributed by atoms with Gasteiger partial charge in [0.15, 0.2) is 0 Å². The maximum atomic E-state index is 14.0. The molecule has 0 spiro atoms. The van der Waals surface area contributed by atoms with E-state index in [4.69, 9.17) is 4.52 Å². The predicted octanol–water partition coefficient (Wildman–Crippen LogP) is 1.85. The van der Waals surface area contributed by atoms with Crippen molar-refractivity contribution in [1.82, 2.24) is 15.5 Å². The Morgan fingerprint density at radius 2 is 2.15 bits per heavy atom. The molecule has 0 bridgehead atoms. The average Bonchev–Trinajstić information content (AvgIpc) is 2.97. The lowest BCUT2D eigenvalue weighted by atomic mass is 10.1. The Balaban J connectivity index is 1.92. The Hall–Kier alpha value is -1.95. The monoisotopic (exact) mass is 276 g/mol. The zero-order valence-corrected chi connectivity index (χ0v) is 11.4. The minimum Gasteiger partial charge on any atom is -0.367 e. The lowest BCUT2D eigenvalue weighted by Gasteiger charge is -2.29. The van der Waals surface area contributed by atoms with Crippen LogP contribution in [0.2, 0.25) is 0 Å². The molecule has 5 nitrogen and oxygen atoms in total. The Morgan fingerprint density at radius 3 is 2.85 bits per heavy atom. The standard InChI is InChI=1S/C14H17FN4O/c1-2-13-17-14(18-20-13)10-3-4-11(15)12(9-10)19-7-5-16-6-8-19/h3-4,9,16H,2,5-8H2,1H3. The second-order valence-electron chi connectivity index (χ2n) is 4.77. The molecular formula is C14H17FN4O. The van der Waals surface area contributed by atoms with Crippen molar-refractivity contribution in [3.05, 3.63) is 29.9 Å². The van der Waals surface area contributed by atoms with Crippen molar-refractivity contribution < 1.29 is 8.91 Å². The summed E-state index contributed by atoms with van der Waals surface area (Å²) < 4.78 is 19.1. The van der Waals surface area contributed by atoms with Gasteiger partial charge in [-0.15, -0.1) is 0 Å². The molecule has 0 atom stereocenters. The Kier molecular flexibility index (Phi) is 3.64. The smallest absolute Gasteiger partial charge is 0.226 e. The molecule has 6 heteroatoms. The molecule has 20 heavy (non-hydrogen) atoms. The third kappa shape index (κ3) is 2.51. The number of hydrogen-bond donors (Lipinski definition) is 1. The van der Waals surface area contributed by atoms with Crippen LogP contribution in [0, 0.1) is 5.82 Å². The largest absolute Gasteiger partial charge is 0.367 e. The van der Waals surface area contributed by atoms with Gasteiger partial charge in [0.1, 0.15) is 5.82 Å². The maximum Gasteiger partial charge on any atom is 0.226 e. The first-order valence-corrected chi connectivity index (χ1v) is 6.86. The number of piperazine rings is 1. The van der Waals surface area contributed by atoms with Crippen molar-refractivity contribution in [3.8, 4) is 11.4 Å². The van der Waals surface area contributed by atoms with Crippen LogP contribution in [0.3, 0.4) is 0 Å². The molecule has 1 N–H and O–H groups in total. The fourth-order valence-corrected chi connectivity index (χ4v) is 2.32. The van der Waals surface area contributed by atoms with Gasteiger partial charge in [-0.25, -0.2) is 4.39 Å². The van der Waals surface area contributed by atoms with E-state index in [-0.39, 0.29) is 5.82 Å². The van der Waals surface area contributed by atoms with Gasteiger partial charge in [-0.1, -0.05) is 12.1 Å². The first kappa shape index (κ1) is 13.1. The highest BCUT2D eigenvalue weighted by Crippen LogP contribution is 2.26. The molecule has 0 amide bonds. The third-order valence-electron chi connectivity index (χ3n) is 3.43. The minimum absolute atomic E-state index is 0.213. The van der Waals surface area contributed by atoms with Crippen LogP contribution in [0.25, 0.3) is 11.4 Å². The van der Waals surface area contributed by atoms with Gasteiger partial charge in [0.05, 0.1) is 5.69 Å². The van der Waals surface area contributed by atoms with Crippen molar-refractivity contribution in [3.63, 3.8) is 0 Å². The molecule has 1 aromatic carbocycles. The number of rotatable bonds is 3. The Morgan fingerprint density at radius 1 is 1.35 bits per heavy atom. The second-order valence-corrected chi connectivity index (χ2v) is 4.77. The summed E-state index contributed by atoms with van der Waals surface area (Å²) in [5, 5.41) is 7.19. The molecule has 0 saturated carbocycles. The molecule has 3 rings (SSSR count). The fourth-order valence-electron chi connectivity index (χ4n) is 2.32. The quantitative estimate of drug-likeness (QED) is 0.927. The second kappa shape index (κ2) is 5.58. The van der Waals surface area contributed by atoms with Gasteiger partial charge >= 0.3 is 0 Å². The van der Waals surface area contributed by atoms with Crippen LogP contribution in [0.15, 0.2) is 22.7 Å². The number of aromatic nitrogens is 2. The number of nitrogens with zero attached hydrogens (tertiary/aromatic N) is 3. The number of aryl methyl sites for hydroxylation is 1. The molecule has 1 saturated heterocycles. The van der Waals surface area contributed by atoms with Crippen LogP contribution in [0.1, 0.15) is 12.8 Å². The molecule has 0 aliphatic carbocycles. The molecule has 0 unspecified atom stereocenters. The molecule has 1 fully saturated rings. The van der Waals surface area contributed by atoms with Crippen molar-refractivity contribution in [2.24, 2.45) is 0 Å². The summed E-state index contributed by atoms with van der Waals surface area (Å²) in [7, 11) is 0. The Bertz CT molecular complexity index is 593. The molecule has 1 aliphatic heterocycles. The van der Waals surface area contributed by atoms with Crippen LogP contribution < -0.4 is 10.2 Å². The van der Waals surface area contributed by atoms with Crippen molar-refractivity contribution in [2.75, 3.05) is 31.1 Å². The van der Waals surface area contributed by atoms with Crippen LogP contribution >= 0.6 is 0 Å². The minimum atomic E-state index is -0.213. The van der Waals surface area contributed by atoms with Crippen molar-refractivity contribution in [1.29, 1.82) is 0 Å². The van der Waals surface area contributed by atoms with E-state index in [2.05, 4.69) is 15.5 Å². The zero-order valence-electron chi connectivity index (χ0n) is 11.4. The molecule has 1 aromatic heterocycles. The highest BCUT2D eigenvalue weighted by atomic mass is 19.1. The predicted molar refractivity (Wildman–Crippen MR) is 74.2 cm³/mol. The zero-order chi connectivity index (χ0) is 13.9. The van der Waals surface area contributed by atoms with Crippen LogP contribution in [-0.2, 0) is 6.42 Å². The molecule has 2 aromatic rings. The van der Waals surface area contributed by atoms with Crippen LogP contribution in [-0.4, -0.2) is 36.3 Å². The van der Waals surface area contributed by atoms with Crippen LogP contribution in [0.5, 0.6) is 0 Å². The molecular weight excluding hydrogens is 259 g/mol. The van der Waals surface area contributed by atoms with E-state index in [0.29, 0.717) is 23.8 Å². The molecule has 0 radical (unpaired) electrons. The summed E-state index contributed by atoms with van der Waals surface area (Å²) in [5.74, 6) is 0.890. The number of anilines is 1. The van der Waals surface area contributed by atoms with Gasteiger partial charge in [0.2, 0.25) is 11.7 Å². The summed E-state index contributed by atoms with van der Waals surface area (Å²) in [6, 6.07) is 4.95. The maximum absolute atomic E-state index is 14.0. The number of halogens is 1. The van der Waals surface area contributed by atoms with Gasteiger partial charge in [-0.05, 0) is 18.2 Å². The Labute approximate surface area is 116 Å². The summed E-state index contributed by atoms with van der Waals surface area (Å²) in [6.07, 6.45) is 0.693. The number of hydrogen-bond acceptors (Lipinski definition) is 5. The van der Waals surface area contributed by atoms with Gasteiger partial charge in [0.25, 0.3) is 0 Å². The highest BCUT2D eigenvalue weighted by molar-refractivity contribution is 5.63. The number of benzene rings is 1. The summed E-state index contributed by atoms with van der Waals surface area (Å²) in [4.78, 5) is 6.32. The first-order valence-electron chi connectivity index (χ1n) is 6.86. The summed E-state index contributed by atoms with van der Waals surface area (Å²) in [5.41, 5.74) is 1.38. The van der Waals surface area contributed by atoms with E-state index < -0.39 is 0 Å². The lowest BCUT2D eigenvalue weighted by Crippen LogP contribution is -2.43. The first-order chi connectivity index (χ1) is 9.78. The number of nitrogens with one attached hydrogen (secondary N) is 1. The average molecular weight is 276 g/mol. The summed E-state index contributed by atoms with van der Waals surface area (Å²) in [6.45, 7) is 5.28. The fraction of sp³-hybridized carbons (Fsp3) is 0.429. The van der Waals surface area contributed by atoms with E-state index in [9.17, 15) is 4.39 Å². The lowest BCUT2D eigenvalue weighted by molar-refractivity contribution is 0.383. The van der Waals surface area contributed by atoms with Gasteiger partial charge in [0, 0.05) is 38.2 Å². The molecule has 2 heterocycles. The highest BCUT2D eigenvalue weighted by Gasteiger charge is 2.17. The normalized spacial score (nSPS) is 15.6. The van der Waals surface area contributed by atoms with Gasteiger partial charge in [-0.2, -0.15) is 4.98 Å². The van der Waals surface area contributed by atoms with Gasteiger partial charge < -0.3 is 14.7 Å². The molecule has 1 aliphatic rings. The SMILES string of the molecule is CCc1nc(-c2ccc(F)c(N3CCNCC3)c2)no1. The van der Waals surface area contributed by atoms with E-state index in [0.717, 1.165) is 31.7 Å². The van der Waals surface area contributed by atoms with E-state index in [1.165, 1.54) is 6.07 Å². The van der Waals surface area contributed by atoms with E-state index in [1.54, 1.807) is 12.1 Å². The van der Waals surface area contributed by atoms with Crippen molar-refractivity contribution in [2.45, 2.75) is 13.3 Å².